The van der Waals surface area contributed by atoms with Crippen LogP contribution in [0.2, 0.25) is 0 Å². The van der Waals surface area contributed by atoms with Crippen LogP contribution in [-0.2, 0) is 4.79 Å². The Hall–Kier alpha value is -1.18. The van der Waals surface area contributed by atoms with Crippen LogP contribution in [0, 0.1) is 5.82 Å². The third-order valence-electron chi connectivity index (χ3n) is 0.984. The quantitative estimate of drug-likeness (QED) is 0.549. The maximum atomic E-state index is 12.3. The first-order valence-electron chi connectivity index (χ1n) is 2.47. The van der Waals surface area contributed by atoms with Crippen molar-refractivity contribution < 1.29 is 9.18 Å². The van der Waals surface area contributed by atoms with E-state index >= 15 is 0 Å². The van der Waals surface area contributed by atoms with Gasteiger partial charge in [0.05, 0.1) is 5.56 Å². The summed E-state index contributed by atoms with van der Waals surface area (Å²) in [6, 6.07) is 5.71. The molecule has 0 bridgehead atoms. The molecule has 0 aliphatic carbocycles. The zero-order valence-corrected chi connectivity index (χ0v) is 4.60. The van der Waals surface area contributed by atoms with Gasteiger partial charge in [-0.2, -0.15) is 0 Å². The Morgan fingerprint density at radius 1 is 1.33 bits per heavy atom. The molecule has 0 fully saturated rings. The second-order valence-electron chi connectivity index (χ2n) is 1.58. The number of carbonyl (C=O) groups excluding carboxylic acids is 1. The molecule has 45 valence electrons. The minimum absolute atomic E-state index is 0.0162. The van der Waals surface area contributed by atoms with E-state index in [2.05, 4.69) is 0 Å². The lowest BCUT2D eigenvalue weighted by atomic mass is 10.2. The molecule has 0 heterocycles. The molecule has 2 heteroatoms. The summed E-state index contributed by atoms with van der Waals surface area (Å²) < 4.78 is 12.3. The van der Waals surface area contributed by atoms with Gasteiger partial charge in [0, 0.05) is 0 Å². The summed E-state index contributed by atoms with van der Waals surface area (Å²) in [5.74, 6) is -0.521. The molecule has 0 aliphatic rings. The van der Waals surface area contributed by atoms with Gasteiger partial charge in [-0.3, -0.25) is 4.79 Å². The van der Waals surface area contributed by atoms with Crippen molar-refractivity contribution in [3.05, 3.63) is 35.6 Å². The van der Waals surface area contributed by atoms with Crippen LogP contribution >= 0.6 is 0 Å². The Kier molecular flexibility index (Phi) is 1.58. The highest BCUT2D eigenvalue weighted by atomic mass is 19.1. The van der Waals surface area contributed by atoms with Crippen LogP contribution in [0.1, 0.15) is 5.56 Å². The third kappa shape index (κ3) is 1.13. The average Bonchev–Trinajstić information content (AvgIpc) is 1.89. The zero-order valence-electron chi connectivity index (χ0n) is 4.60. The number of benzene rings is 1. The van der Waals surface area contributed by atoms with E-state index in [0.717, 1.165) is 0 Å². The molecular weight excluding hydrogens is 119 g/mol. The molecule has 0 saturated heterocycles. The maximum absolute atomic E-state index is 12.3. The van der Waals surface area contributed by atoms with Crippen LogP contribution in [0.3, 0.4) is 0 Å². The van der Waals surface area contributed by atoms with Crippen molar-refractivity contribution in [1.29, 1.82) is 0 Å². The Morgan fingerprint density at radius 2 is 2.00 bits per heavy atom. The van der Waals surface area contributed by atoms with E-state index in [4.69, 9.17) is 0 Å². The van der Waals surface area contributed by atoms with E-state index in [1.807, 2.05) is 0 Å². The Bertz CT molecular complexity index is 220. The summed E-state index contributed by atoms with van der Waals surface area (Å²) in [6.07, 6.45) is 1.47. The fourth-order valence-corrected chi connectivity index (χ4v) is 0.544. The third-order valence-corrected chi connectivity index (χ3v) is 0.984. The van der Waals surface area contributed by atoms with Gasteiger partial charge in [-0.1, -0.05) is 12.1 Å². The summed E-state index contributed by atoms with van der Waals surface area (Å²) >= 11 is 0. The second kappa shape index (κ2) is 2.40. The summed E-state index contributed by atoms with van der Waals surface area (Å²) in [4.78, 5) is 9.86. The van der Waals surface area contributed by atoms with Crippen molar-refractivity contribution in [3.8, 4) is 0 Å². The van der Waals surface area contributed by atoms with E-state index in [1.165, 1.54) is 24.5 Å². The van der Waals surface area contributed by atoms with Crippen LogP contribution in [0.25, 0.3) is 0 Å². The molecule has 1 nitrogen and oxygen atoms in total. The predicted octanol–water partition coefficient (Wildman–Crippen LogP) is 1.28. The molecule has 0 amide bonds. The molecule has 0 atom stereocenters. The average molecular weight is 123 g/mol. The van der Waals surface area contributed by atoms with Gasteiger partial charge in [0.15, 0.2) is 0 Å². The normalized spacial score (nSPS) is 9.00. The first-order valence-corrected chi connectivity index (χ1v) is 2.47. The maximum Gasteiger partial charge on any atom is 0.236 e. The molecule has 0 aliphatic heterocycles. The van der Waals surface area contributed by atoms with Crippen LogP contribution in [0.4, 0.5) is 4.39 Å². The highest BCUT2D eigenvalue weighted by Crippen LogP contribution is 2.01. The summed E-state index contributed by atoms with van der Waals surface area (Å²) in [5, 5.41) is 0. The van der Waals surface area contributed by atoms with Crippen molar-refractivity contribution in [2.45, 2.75) is 0 Å². The molecule has 0 N–H and O–H groups in total. The highest BCUT2D eigenvalue weighted by molar-refractivity contribution is 5.75. The molecule has 1 rings (SSSR count). The molecule has 1 radical (unpaired) electrons. The van der Waals surface area contributed by atoms with Crippen molar-refractivity contribution in [3.63, 3.8) is 0 Å². The topological polar surface area (TPSA) is 17.1 Å². The van der Waals surface area contributed by atoms with E-state index in [9.17, 15) is 9.18 Å². The van der Waals surface area contributed by atoms with E-state index < -0.39 is 5.82 Å². The van der Waals surface area contributed by atoms with Crippen LogP contribution in [-0.4, -0.2) is 6.29 Å². The van der Waals surface area contributed by atoms with Crippen molar-refractivity contribution in [1.82, 2.24) is 0 Å². The van der Waals surface area contributed by atoms with Gasteiger partial charge < -0.3 is 0 Å². The lowest BCUT2D eigenvalue weighted by Crippen LogP contribution is -1.84. The standard InChI is InChI=1S/C7H4FO/c8-7-4-2-1-3-6(7)5-9/h1-4H. The van der Waals surface area contributed by atoms with Gasteiger partial charge >= 0.3 is 0 Å². The highest BCUT2D eigenvalue weighted by Gasteiger charge is 1.95. The monoisotopic (exact) mass is 123 g/mol. The molecule has 0 spiro atoms. The molecule has 0 aromatic heterocycles. The molecular formula is C7H4FO. The molecule has 1 aromatic carbocycles. The Morgan fingerprint density at radius 3 is 2.44 bits per heavy atom. The summed E-state index contributed by atoms with van der Waals surface area (Å²) in [5.41, 5.74) is -0.0162. The lowest BCUT2D eigenvalue weighted by Gasteiger charge is -1.87. The van der Waals surface area contributed by atoms with Gasteiger partial charge in [0.2, 0.25) is 6.29 Å². The SMILES string of the molecule is O=[C]c1ccccc1F. The van der Waals surface area contributed by atoms with Gasteiger partial charge in [0.1, 0.15) is 5.82 Å². The van der Waals surface area contributed by atoms with Crippen molar-refractivity contribution in [2.75, 3.05) is 0 Å². The van der Waals surface area contributed by atoms with Crippen molar-refractivity contribution in [2.24, 2.45) is 0 Å². The van der Waals surface area contributed by atoms with Gasteiger partial charge in [0.25, 0.3) is 0 Å². The summed E-state index contributed by atoms with van der Waals surface area (Å²) in [7, 11) is 0. The first kappa shape index (κ1) is 5.95. The zero-order chi connectivity index (χ0) is 6.69. The van der Waals surface area contributed by atoms with Crippen molar-refractivity contribution >= 4 is 6.29 Å². The van der Waals surface area contributed by atoms with Gasteiger partial charge in [-0.15, -0.1) is 0 Å². The molecule has 0 saturated carbocycles. The minimum Gasteiger partial charge on any atom is -0.285 e. The van der Waals surface area contributed by atoms with Crippen LogP contribution in [0.5, 0.6) is 0 Å². The molecule has 0 unspecified atom stereocenters. The van der Waals surface area contributed by atoms with Crippen LogP contribution in [0.15, 0.2) is 24.3 Å². The minimum atomic E-state index is -0.521. The Balaban J connectivity index is 3.15. The summed E-state index contributed by atoms with van der Waals surface area (Å²) in [6.45, 7) is 0. The Labute approximate surface area is 52.1 Å². The van der Waals surface area contributed by atoms with E-state index in [1.54, 1.807) is 6.07 Å². The van der Waals surface area contributed by atoms with Gasteiger partial charge in [-0.25, -0.2) is 4.39 Å². The van der Waals surface area contributed by atoms with Gasteiger partial charge in [-0.05, 0) is 12.1 Å². The number of hydrogen-bond donors (Lipinski definition) is 0. The lowest BCUT2D eigenvalue weighted by molar-refractivity contribution is 0.556. The van der Waals surface area contributed by atoms with E-state index in [-0.39, 0.29) is 5.56 Å². The van der Waals surface area contributed by atoms with Crippen LogP contribution < -0.4 is 0 Å². The largest absolute Gasteiger partial charge is 0.285 e. The molecule has 9 heavy (non-hydrogen) atoms. The molecule has 1 aromatic rings. The fraction of sp³-hybridized carbons (Fsp3) is 0. The van der Waals surface area contributed by atoms with E-state index in [0.29, 0.717) is 0 Å². The smallest absolute Gasteiger partial charge is 0.236 e. The fourth-order valence-electron chi connectivity index (χ4n) is 0.544. The number of hydrogen-bond acceptors (Lipinski definition) is 1. The second-order valence-corrected chi connectivity index (χ2v) is 1.58. The number of rotatable bonds is 1. The number of halogens is 1. The first-order chi connectivity index (χ1) is 4.34. The predicted molar refractivity (Wildman–Crippen MR) is 31.2 cm³/mol.